The number of hydrogen-bond donors (Lipinski definition) is 2. The van der Waals surface area contributed by atoms with Gasteiger partial charge >= 0.3 is 0 Å². The van der Waals surface area contributed by atoms with E-state index in [0.29, 0.717) is 22.6 Å². The average Bonchev–Trinajstić information content (AvgIpc) is 2.52. The second kappa shape index (κ2) is 7.26. The van der Waals surface area contributed by atoms with E-state index in [2.05, 4.69) is 33.1 Å². The molecule has 0 aliphatic rings. The number of nitrogens with zero attached hydrogens (tertiary/aromatic N) is 1. The summed E-state index contributed by atoms with van der Waals surface area (Å²) >= 11 is 2.10. The lowest BCUT2D eigenvalue weighted by molar-refractivity contribution is 0.0954. The smallest absolute Gasteiger partial charge is 0.271 e. The first kappa shape index (κ1) is 16.3. The summed E-state index contributed by atoms with van der Waals surface area (Å²) < 4.78 is 6.00. The van der Waals surface area contributed by atoms with Crippen molar-refractivity contribution >= 4 is 34.2 Å². The van der Waals surface area contributed by atoms with Crippen LogP contribution in [-0.2, 0) is 0 Å². The molecule has 2 aromatic rings. The van der Waals surface area contributed by atoms with Crippen LogP contribution in [-0.4, -0.2) is 23.8 Å². The van der Waals surface area contributed by atoms with E-state index in [4.69, 9.17) is 4.74 Å². The predicted octanol–water partition coefficient (Wildman–Crippen LogP) is 3.16. The number of amides is 1. The lowest BCUT2D eigenvalue weighted by Gasteiger charge is -2.07. The highest BCUT2D eigenvalue weighted by molar-refractivity contribution is 14.1. The number of methoxy groups -OCH3 is 1. The number of rotatable bonds is 4. The first-order valence-corrected chi connectivity index (χ1v) is 7.57. The Morgan fingerprint density at radius 1 is 1.27 bits per heavy atom. The van der Waals surface area contributed by atoms with Gasteiger partial charge in [-0.15, -0.1) is 0 Å². The van der Waals surface area contributed by atoms with Gasteiger partial charge in [-0.25, -0.2) is 5.43 Å². The van der Waals surface area contributed by atoms with Gasteiger partial charge in [-0.2, -0.15) is 5.10 Å². The number of carbonyl (C=O) groups is 1. The second-order valence-corrected chi connectivity index (χ2v) is 5.67. The number of para-hydroxylation sites is 1. The Labute approximate surface area is 142 Å². The van der Waals surface area contributed by atoms with Crippen molar-refractivity contribution in [1.29, 1.82) is 0 Å². The van der Waals surface area contributed by atoms with E-state index in [9.17, 15) is 9.90 Å². The quantitative estimate of drug-likeness (QED) is 0.462. The molecule has 0 saturated carbocycles. The highest BCUT2D eigenvalue weighted by Gasteiger charge is 2.09. The van der Waals surface area contributed by atoms with E-state index in [1.165, 1.54) is 0 Å². The van der Waals surface area contributed by atoms with Crippen molar-refractivity contribution in [2.45, 2.75) is 6.92 Å². The number of nitrogens with one attached hydrogen (secondary N) is 1. The topological polar surface area (TPSA) is 70.9 Å². The Hall–Kier alpha value is -2.09. The maximum Gasteiger partial charge on any atom is 0.271 e. The SMILES string of the molecule is COc1ccc(C(=O)NN=C(C)c2ccccc2O)cc1I. The number of phenols is 1. The number of hydrogen-bond acceptors (Lipinski definition) is 4. The molecule has 114 valence electrons. The zero-order valence-electron chi connectivity index (χ0n) is 12.1. The van der Waals surface area contributed by atoms with Crippen molar-refractivity contribution in [3.05, 3.63) is 57.2 Å². The lowest BCUT2D eigenvalue weighted by Crippen LogP contribution is -2.19. The zero-order chi connectivity index (χ0) is 16.1. The average molecular weight is 410 g/mol. The van der Waals surface area contributed by atoms with E-state index in [0.717, 1.165) is 3.57 Å². The van der Waals surface area contributed by atoms with Crippen LogP contribution >= 0.6 is 22.6 Å². The second-order valence-electron chi connectivity index (χ2n) is 4.50. The minimum atomic E-state index is -0.324. The molecule has 0 unspecified atom stereocenters. The Kier molecular flexibility index (Phi) is 5.37. The van der Waals surface area contributed by atoms with E-state index >= 15 is 0 Å². The highest BCUT2D eigenvalue weighted by Crippen LogP contribution is 2.21. The molecule has 2 rings (SSSR count). The Balaban J connectivity index is 2.14. The maximum absolute atomic E-state index is 12.1. The third-order valence-corrected chi connectivity index (χ3v) is 3.88. The predicted molar refractivity (Wildman–Crippen MR) is 93.5 cm³/mol. The summed E-state index contributed by atoms with van der Waals surface area (Å²) in [6.45, 7) is 1.72. The third kappa shape index (κ3) is 3.76. The summed E-state index contributed by atoms with van der Waals surface area (Å²) in [5, 5.41) is 13.8. The van der Waals surface area contributed by atoms with Gasteiger partial charge in [0.15, 0.2) is 0 Å². The van der Waals surface area contributed by atoms with Crippen LogP contribution in [0.5, 0.6) is 11.5 Å². The van der Waals surface area contributed by atoms with Gasteiger partial charge in [0.05, 0.1) is 16.4 Å². The van der Waals surface area contributed by atoms with Crippen molar-refractivity contribution in [2.24, 2.45) is 5.10 Å². The van der Waals surface area contributed by atoms with Crippen molar-refractivity contribution < 1.29 is 14.6 Å². The Morgan fingerprint density at radius 3 is 2.64 bits per heavy atom. The molecular weight excluding hydrogens is 395 g/mol. The molecule has 22 heavy (non-hydrogen) atoms. The van der Waals surface area contributed by atoms with Gasteiger partial charge in [0.1, 0.15) is 11.5 Å². The summed E-state index contributed by atoms with van der Waals surface area (Å²) in [5.41, 5.74) is 4.07. The molecule has 0 radical (unpaired) electrons. The molecule has 2 aromatic carbocycles. The highest BCUT2D eigenvalue weighted by atomic mass is 127. The fraction of sp³-hybridized carbons (Fsp3) is 0.125. The number of halogens is 1. The van der Waals surface area contributed by atoms with Gasteiger partial charge < -0.3 is 9.84 Å². The van der Waals surface area contributed by atoms with Crippen molar-refractivity contribution in [3.8, 4) is 11.5 Å². The van der Waals surface area contributed by atoms with Crippen molar-refractivity contribution in [3.63, 3.8) is 0 Å². The van der Waals surface area contributed by atoms with Crippen molar-refractivity contribution in [1.82, 2.24) is 5.43 Å². The van der Waals surface area contributed by atoms with Gasteiger partial charge in [-0.3, -0.25) is 4.79 Å². The fourth-order valence-electron chi connectivity index (χ4n) is 1.85. The van der Waals surface area contributed by atoms with E-state index in [1.807, 2.05) is 0 Å². The molecule has 0 spiro atoms. The van der Waals surface area contributed by atoms with Crippen molar-refractivity contribution in [2.75, 3.05) is 7.11 Å². The standard InChI is InChI=1S/C16H15IN2O3/c1-10(12-5-3-4-6-14(12)20)18-19-16(21)11-7-8-15(22-2)13(17)9-11/h3-9,20H,1-2H3,(H,19,21). The third-order valence-electron chi connectivity index (χ3n) is 3.03. The van der Waals surface area contributed by atoms with E-state index in [1.54, 1.807) is 56.5 Å². The fourth-order valence-corrected chi connectivity index (χ4v) is 2.58. The van der Waals surface area contributed by atoms with Gasteiger partial charge in [-0.1, -0.05) is 12.1 Å². The summed E-state index contributed by atoms with van der Waals surface area (Å²) in [4.78, 5) is 12.1. The molecule has 0 aliphatic carbocycles. The summed E-state index contributed by atoms with van der Waals surface area (Å²) in [6, 6.07) is 11.9. The molecule has 0 aromatic heterocycles. The Morgan fingerprint density at radius 2 is 2.00 bits per heavy atom. The first-order chi connectivity index (χ1) is 10.5. The Bertz CT molecular complexity index is 729. The molecule has 0 atom stereocenters. The first-order valence-electron chi connectivity index (χ1n) is 6.49. The molecule has 0 bridgehead atoms. The van der Waals surface area contributed by atoms with Crippen LogP contribution in [0.25, 0.3) is 0 Å². The normalized spacial score (nSPS) is 11.1. The number of benzene rings is 2. The number of carbonyl (C=O) groups excluding carboxylic acids is 1. The number of ether oxygens (including phenoxy) is 1. The van der Waals surface area contributed by atoms with Crippen LogP contribution in [0, 0.1) is 3.57 Å². The number of phenolic OH excluding ortho intramolecular Hbond substituents is 1. The lowest BCUT2D eigenvalue weighted by atomic mass is 10.1. The monoisotopic (exact) mass is 410 g/mol. The number of hydrazone groups is 1. The number of aromatic hydroxyl groups is 1. The van der Waals surface area contributed by atoms with Crippen LogP contribution in [0.3, 0.4) is 0 Å². The van der Waals surface area contributed by atoms with Crippen LogP contribution < -0.4 is 10.2 Å². The molecular formula is C16H15IN2O3. The van der Waals surface area contributed by atoms with Gasteiger partial charge in [0.2, 0.25) is 0 Å². The van der Waals surface area contributed by atoms with Crippen LogP contribution in [0.4, 0.5) is 0 Å². The molecule has 0 heterocycles. The minimum Gasteiger partial charge on any atom is -0.507 e. The van der Waals surface area contributed by atoms with Crippen LogP contribution in [0.15, 0.2) is 47.6 Å². The van der Waals surface area contributed by atoms with Crippen LogP contribution in [0.2, 0.25) is 0 Å². The van der Waals surface area contributed by atoms with E-state index in [-0.39, 0.29) is 11.7 Å². The summed E-state index contributed by atoms with van der Waals surface area (Å²) in [6.07, 6.45) is 0. The molecule has 6 heteroatoms. The molecule has 0 fully saturated rings. The molecule has 5 nitrogen and oxygen atoms in total. The summed E-state index contributed by atoms with van der Waals surface area (Å²) in [7, 11) is 1.58. The summed E-state index contributed by atoms with van der Waals surface area (Å²) in [5.74, 6) is 0.512. The van der Waals surface area contributed by atoms with Gasteiger partial charge in [-0.05, 0) is 59.8 Å². The minimum absolute atomic E-state index is 0.122. The molecule has 0 aliphatic heterocycles. The van der Waals surface area contributed by atoms with E-state index < -0.39 is 0 Å². The molecule has 2 N–H and O–H groups in total. The van der Waals surface area contributed by atoms with Crippen LogP contribution in [0.1, 0.15) is 22.8 Å². The maximum atomic E-state index is 12.1. The largest absolute Gasteiger partial charge is 0.507 e. The molecule has 1 amide bonds. The zero-order valence-corrected chi connectivity index (χ0v) is 14.3. The van der Waals surface area contributed by atoms with Gasteiger partial charge in [0.25, 0.3) is 5.91 Å². The van der Waals surface area contributed by atoms with Gasteiger partial charge in [0, 0.05) is 11.1 Å². The molecule has 0 saturated heterocycles.